The summed E-state index contributed by atoms with van der Waals surface area (Å²) in [5, 5.41) is 18.3. The van der Waals surface area contributed by atoms with Crippen LogP contribution in [0.2, 0.25) is 0 Å². The smallest absolute Gasteiger partial charge is 0.311 e. The SMILES string of the molecule is NC(c1cccc(O)c1)C1(C(=O)O)CC1. The molecule has 1 aromatic carbocycles. The number of aliphatic carboxylic acids is 1. The van der Waals surface area contributed by atoms with Crippen molar-refractivity contribution in [2.75, 3.05) is 0 Å². The van der Waals surface area contributed by atoms with Gasteiger partial charge in [0, 0.05) is 6.04 Å². The molecule has 15 heavy (non-hydrogen) atoms. The topological polar surface area (TPSA) is 83.5 Å². The molecule has 0 saturated heterocycles. The number of aromatic hydroxyl groups is 1. The first-order valence-corrected chi connectivity index (χ1v) is 4.84. The van der Waals surface area contributed by atoms with Crippen molar-refractivity contribution in [3.8, 4) is 5.75 Å². The lowest BCUT2D eigenvalue weighted by atomic mass is 9.91. The zero-order chi connectivity index (χ0) is 11.1. The summed E-state index contributed by atoms with van der Waals surface area (Å²) in [5.41, 5.74) is 5.78. The lowest BCUT2D eigenvalue weighted by Gasteiger charge is -2.19. The Balaban J connectivity index is 2.29. The number of carboxylic acids is 1. The summed E-state index contributed by atoms with van der Waals surface area (Å²) in [7, 11) is 0. The highest BCUT2D eigenvalue weighted by Crippen LogP contribution is 2.54. The molecule has 80 valence electrons. The van der Waals surface area contributed by atoms with E-state index in [2.05, 4.69) is 0 Å². The van der Waals surface area contributed by atoms with E-state index in [1.807, 2.05) is 0 Å². The van der Waals surface area contributed by atoms with Gasteiger partial charge in [-0.15, -0.1) is 0 Å². The fourth-order valence-electron chi connectivity index (χ4n) is 1.83. The number of carboxylic acid groups (broad SMARTS) is 1. The highest BCUT2D eigenvalue weighted by Gasteiger charge is 2.55. The molecular formula is C11H13NO3. The summed E-state index contributed by atoms with van der Waals surface area (Å²) in [6.07, 6.45) is 1.22. The molecule has 0 aromatic heterocycles. The van der Waals surface area contributed by atoms with Crippen LogP contribution in [0.5, 0.6) is 5.75 Å². The summed E-state index contributed by atoms with van der Waals surface area (Å²) < 4.78 is 0. The Morgan fingerprint density at radius 2 is 2.13 bits per heavy atom. The number of carbonyl (C=O) groups is 1. The minimum Gasteiger partial charge on any atom is -0.508 e. The van der Waals surface area contributed by atoms with Crippen LogP contribution in [0.25, 0.3) is 0 Å². The molecule has 0 radical (unpaired) electrons. The molecule has 4 heteroatoms. The lowest BCUT2D eigenvalue weighted by Crippen LogP contribution is -2.29. The molecule has 4 nitrogen and oxygen atoms in total. The summed E-state index contributed by atoms with van der Waals surface area (Å²) in [6.45, 7) is 0. The third kappa shape index (κ3) is 1.57. The Hall–Kier alpha value is -1.55. The summed E-state index contributed by atoms with van der Waals surface area (Å²) in [6, 6.07) is 5.93. The molecule has 2 rings (SSSR count). The zero-order valence-corrected chi connectivity index (χ0v) is 8.18. The third-order valence-corrected chi connectivity index (χ3v) is 3.04. The van der Waals surface area contributed by atoms with Gasteiger partial charge in [-0.25, -0.2) is 0 Å². The number of phenolic OH excluding ortho intramolecular Hbond substituents is 1. The minimum atomic E-state index is -0.849. The highest BCUT2D eigenvalue weighted by atomic mass is 16.4. The van der Waals surface area contributed by atoms with Crippen LogP contribution in [0, 0.1) is 5.41 Å². The molecule has 4 N–H and O–H groups in total. The van der Waals surface area contributed by atoms with Gasteiger partial charge in [0.25, 0.3) is 0 Å². The number of phenols is 1. The van der Waals surface area contributed by atoms with Gasteiger partial charge in [-0.1, -0.05) is 12.1 Å². The van der Waals surface area contributed by atoms with Crippen LogP contribution in [-0.4, -0.2) is 16.2 Å². The summed E-state index contributed by atoms with van der Waals surface area (Å²) in [4.78, 5) is 11.0. The van der Waals surface area contributed by atoms with E-state index in [4.69, 9.17) is 10.8 Å². The molecule has 1 saturated carbocycles. The average Bonchev–Trinajstić information content (AvgIpc) is 2.97. The zero-order valence-electron chi connectivity index (χ0n) is 8.18. The number of hydrogen-bond donors (Lipinski definition) is 3. The van der Waals surface area contributed by atoms with Gasteiger partial charge in [-0.3, -0.25) is 4.79 Å². The summed E-state index contributed by atoms with van der Waals surface area (Å²) in [5.74, 6) is -0.734. The van der Waals surface area contributed by atoms with Crippen LogP contribution in [0.15, 0.2) is 24.3 Å². The van der Waals surface area contributed by atoms with E-state index in [1.54, 1.807) is 12.1 Å². The van der Waals surface area contributed by atoms with Crippen molar-refractivity contribution in [3.05, 3.63) is 29.8 Å². The standard InChI is InChI=1S/C11H13NO3/c12-9(11(4-5-11)10(14)15)7-2-1-3-8(13)6-7/h1-3,6,9,13H,4-5,12H2,(H,14,15). The van der Waals surface area contributed by atoms with Gasteiger partial charge in [0.2, 0.25) is 0 Å². The monoisotopic (exact) mass is 207 g/mol. The van der Waals surface area contributed by atoms with Gasteiger partial charge in [-0.05, 0) is 30.5 Å². The first-order valence-electron chi connectivity index (χ1n) is 4.84. The molecule has 0 bridgehead atoms. The van der Waals surface area contributed by atoms with Crippen molar-refractivity contribution in [2.24, 2.45) is 11.1 Å². The predicted octanol–water partition coefficient (Wildman–Crippen LogP) is 1.26. The van der Waals surface area contributed by atoms with Gasteiger partial charge in [0.1, 0.15) is 5.75 Å². The van der Waals surface area contributed by atoms with Gasteiger partial charge < -0.3 is 15.9 Å². The van der Waals surface area contributed by atoms with Crippen LogP contribution in [0.4, 0.5) is 0 Å². The van der Waals surface area contributed by atoms with Gasteiger partial charge in [0.15, 0.2) is 0 Å². The molecule has 0 heterocycles. The van der Waals surface area contributed by atoms with E-state index in [0.717, 1.165) is 0 Å². The maximum Gasteiger partial charge on any atom is 0.311 e. The second-order valence-corrected chi connectivity index (χ2v) is 4.03. The molecule has 1 aliphatic carbocycles. The van der Waals surface area contributed by atoms with Crippen molar-refractivity contribution in [2.45, 2.75) is 18.9 Å². The Morgan fingerprint density at radius 1 is 1.47 bits per heavy atom. The maximum atomic E-state index is 11.0. The fourth-order valence-corrected chi connectivity index (χ4v) is 1.83. The Labute approximate surface area is 87.3 Å². The fraction of sp³-hybridized carbons (Fsp3) is 0.364. The predicted molar refractivity (Wildman–Crippen MR) is 54.3 cm³/mol. The molecule has 0 spiro atoms. The first-order chi connectivity index (χ1) is 7.06. The summed E-state index contributed by atoms with van der Waals surface area (Å²) >= 11 is 0. The van der Waals surface area contributed by atoms with E-state index in [0.29, 0.717) is 18.4 Å². The number of hydrogen-bond acceptors (Lipinski definition) is 3. The van der Waals surface area contributed by atoms with Crippen molar-refractivity contribution >= 4 is 5.97 Å². The van der Waals surface area contributed by atoms with E-state index >= 15 is 0 Å². The molecule has 1 aromatic rings. The van der Waals surface area contributed by atoms with Crippen LogP contribution >= 0.6 is 0 Å². The molecular weight excluding hydrogens is 194 g/mol. The molecule has 1 fully saturated rings. The third-order valence-electron chi connectivity index (χ3n) is 3.04. The highest BCUT2D eigenvalue weighted by molar-refractivity contribution is 5.79. The second-order valence-electron chi connectivity index (χ2n) is 4.03. The molecule has 0 aliphatic heterocycles. The van der Waals surface area contributed by atoms with E-state index in [9.17, 15) is 9.90 Å². The Morgan fingerprint density at radius 3 is 2.60 bits per heavy atom. The van der Waals surface area contributed by atoms with E-state index < -0.39 is 17.4 Å². The number of benzene rings is 1. The molecule has 0 amide bonds. The van der Waals surface area contributed by atoms with Gasteiger partial charge in [-0.2, -0.15) is 0 Å². The Kier molecular flexibility index (Phi) is 2.16. The molecule has 1 aliphatic rings. The van der Waals surface area contributed by atoms with E-state index in [1.165, 1.54) is 12.1 Å². The minimum absolute atomic E-state index is 0.115. The number of rotatable bonds is 3. The quantitative estimate of drug-likeness (QED) is 0.696. The van der Waals surface area contributed by atoms with Crippen molar-refractivity contribution in [1.29, 1.82) is 0 Å². The Bertz CT molecular complexity index is 399. The lowest BCUT2D eigenvalue weighted by molar-refractivity contribution is -0.144. The first kappa shape index (κ1) is 9.98. The maximum absolute atomic E-state index is 11.0. The second kappa shape index (κ2) is 3.24. The largest absolute Gasteiger partial charge is 0.508 e. The van der Waals surface area contributed by atoms with Gasteiger partial charge >= 0.3 is 5.97 Å². The van der Waals surface area contributed by atoms with Crippen molar-refractivity contribution in [1.82, 2.24) is 0 Å². The molecule has 1 unspecified atom stereocenters. The average molecular weight is 207 g/mol. The van der Waals surface area contributed by atoms with E-state index in [-0.39, 0.29) is 5.75 Å². The van der Waals surface area contributed by atoms with Gasteiger partial charge in [0.05, 0.1) is 5.41 Å². The van der Waals surface area contributed by atoms with Crippen molar-refractivity contribution < 1.29 is 15.0 Å². The van der Waals surface area contributed by atoms with Crippen LogP contribution in [-0.2, 0) is 4.79 Å². The van der Waals surface area contributed by atoms with Crippen LogP contribution < -0.4 is 5.73 Å². The number of nitrogens with two attached hydrogens (primary N) is 1. The van der Waals surface area contributed by atoms with Crippen molar-refractivity contribution in [3.63, 3.8) is 0 Å². The van der Waals surface area contributed by atoms with Crippen LogP contribution in [0.1, 0.15) is 24.4 Å². The molecule has 1 atom stereocenters. The van der Waals surface area contributed by atoms with Crippen LogP contribution in [0.3, 0.4) is 0 Å². The normalized spacial score (nSPS) is 19.5.